The maximum Gasteiger partial charge on any atom is 0.154 e. The van der Waals surface area contributed by atoms with Gasteiger partial charge in [-0.3, -0.25) is 0 Å². The van der Waals surface area contributed by atoms with Gasteiger partial charge in [-0.25, -0.2) is 8.42 Å². The second-order valence-electron chi connectivity index (χ2n) is 3.06. The van der Waals surface area contributed by atoms with Crippen molar-refractivity contribution in [1.29, 1.82) is 0 Å². The van der Waals surface area contributed by atoms with Crippen LogP contribution >= 0.6 is 0 Å². The van der Waals surface area contributed by atoms with E-state index >= 15 is 0 Å². The summed E-state index contributed by atoms with van der Waals surface area (Å²) in [6.07, 6.45) is 1.20. The number of phenolic OH excluding ortho intramolecular Hbond substituents is 1. The standard InChI is InChI=1S/C9H12O3S/c1-7(13(2,11)12)8-3-5-9(10)6-4-8/h3-7,10H,1-2H3. The van der Waals surface area contributed by atoms with Crippen LogP contribution in [0.3, 0.4) is 0 Å². The van der Waals surface area contributed by atoms with Crippen LogP contribution in [0, 0.1) is 0 Å². The lowest BCUT2D eigenvalue weighted by molar-refractivity contribution is 0.475. The van der Waals surface area contributed by atoms with E-state index in [-0.39, 0.29) is 5.75 Å². The molecule has 0 saturated heterocycles. The van der Waals surface area contributed by atoms with E-state index in [4.69, 9.17) is 5.11 Å². The average molecular weight is 200 g/mol. The van der Waals surface area contributed by atoms with Crippen molar-refractivity contribution in [2.75, 3.05) is 6.26 Å². The van der Waals surface area contributed by atoms with E-state index in [1.54, 1.807) is 19.1 Å². The molecule has 0 aliphatic rings. The molecule has 1 unspecified atom stereocenters. The van der Waals surface area contributed by atoms with Gasteiger partial charge < -0.3 is 5.11 Å². The summed E-state index contributed by atoms with van der Waals surface area (Å²) < 4.78 is 22.3. The minimum atomic E-state index is -3.05. The third-order valence-electron chi connectivity index (χ3n) is 2.00. The molecule has 0 fully saturated rings. The Bertz CT molecular complexity index is 378. The lowest BCUT2D eigenvalue weighted by Gasteiger charge is -2.08. The molecule has 0 radical (unpaired) electrons. The number of sulfone groups is 1. The van der Waals surface area contributed by atoms with Gasteiger partial charge in [-0.2, -0.15) is 0 Å². The van der Waals surface area contributed by atoms with Gasteiger partial charge in [0.2, 0.25) is 0 Å². The van der Waals surface area contributed by atoms with E-state index in [9.17, 15) is 8.42 Å². The number of aromatic hydroxyl groups is 1. The molecule has 0 spiro atoms. The fraction of sp³-hybridized carbons (Fsp3) is 0.333. The summed E-state index contributed by atoms with van der Waals surface area (Å²) in [4.78, 5) is 0. The van der Waals surface area contributed by atoms with Gasteiger partial charge in [0, 0.05) is 6.26 Å². The van der Waals surface area contributed by atoms with Gasteiger partial charge in [0.25, 0.3) is 0 Å². The summed E-state index contributed by atoms with van der Waals surface area (Å²) in [7, 11) is -3.05. The monoisotopic (exact) mass is 200 g/mol. The van der Waals surface area contributed by atoms with Crippen molar-refractivity contribution < 1.29 is 13.5 Å². The number of phenols is 1. The summed E-state index contributed by atoms with van der Waals surface area (Å²) in [5.74, 6) is 0.143. The molecule has 4 heteroatoms. The summed E-state index contributed by atoms with van der Waals surface area (Å²) in [6.45, 7) is 1.63. The zero-order chi connectivity index (χ0) is 10.1. The summed E-state index contributed by atoms with van der Waals surface area (Å²) >= 11 is 0. The topological polar surface area (TPSA) is 54.4 Å². The first-order valence-electron chi connectivity index (χ1n) is 3.89. The molecule has 1 aromatic rings. The Hall–Kier alpha value is -1.03. The Balaban J connectivity index is 3.04. The molecule has 1 aromatic carbocycles. The maximum atomic E-state index is 11.2. The molecular weight excluding hydrogens is 188 g/mol. The minimum absolute atomic E-state index is 0.143. The highest BCUT2D eigenvalue weighted by atomic mass is 32.2. The maximum absolute atomic E-state index is 11.2. The van der Waals surface area contributed by atoms with Crippen LogP contribution in [0.2, 0.25) is 0 Å². The van der Waals surface area contributed by atoms with Gasteiger partial charge in [-0.05, 0) is 24.6 Å². The van der Waals surface area contributed by atoms with Gasteiger partial charge in [0.1, 0.15) is 5.75 Å². The van der Waals surface area contributed by atoms with Gasteiger partial charge in [-0.1, -0.05) is 12.1 Å². The van der Waals surface area contributed by atoms with Crippen LogP contribution in [-0.2, 0) is 9.84 Å². The zero-order valence-corrected chi connectivity index (χ0v) is 8.38. The molecule has 0 saturated carbocycles. The Morgan fingerprint density at radius 3 is 2.08 bits per heavy atom. The van der Waals surface area contributed by atoms with Gasteiger partial charge in [0.05, 0.1) is 5.25 Å². The Morgan fingerprint density at radius 2 is 1.69 bits per heavy atom. The molecule has 1 N–H and O–H groups in total. The van der Waals surface area contributed by atoms with E-state index in [1.807, 2.05) is 0 Å². The molecule has 1 atom stereocenters. The van der Waals surface area contributed by atoms with Crippen molar-refractivity contribution in [3.05, 3.63) is 29.8 Å². The van der Waals surface area contributed by atoms with Crippen LogP contribution in [-0.4, -0.2) is 19.8 Å². The molecule has 0 bridgehead atoms. The fourth-order valence-corrected chi connectivity index (χ4v) is 1.64. The Labute approximate surface area is 77.9 Å². The van der Waals surface area contributed by atoms with Crippen molar-refractivity contribution >= 4 is 9.84 Å². The highest BCUT2D eigenvalue weighted by Gasteiger charge is 2.16. The number of hydrogen-bond acceptors (Lipinski definition) is 3. The van der Waals surface area contributed by atoms with Gasteiger partial charge >= 0.3 is 0 Å². The summed E-state index contributed by atoms with van der Waals surface area (Å²) in [5.41, 5.74) is 0.695. The normalized spacial score (nSPS) is 14.0. The number of benzene rings is 1. The molecule has 13 heavy (non-hydrogen) atoms. The summed E-state index contributed by atoms with van der Waals surface area (Å²) in [6, 6.07) is 6.19. The van der Waals surface area contributed by atoms with Crippen LogP contribution in [0.4, 0.5) is 0 Å². The molecular formula is C9H12O3S. The predicted octanol–water partition coefficient (Wildman–Crippen LogP) is 1.50. The van der Waals surface area contributed by atoms with E-state index in [2.05, 4.69) is 0 Å². The van der Waals surface area contributed by atoms with Crippen LogP contribution < -0.4 is 0 Å². The first-order valence-corrected chi connectivity index (χ1v) is 5.84. The smallest absolute Gasteiger partial charge is 0.154 e. The molecule has 0 heterocycles. The first-order chi connectivity index (χ1) is 5.91. The third-order valence-corrected chi connectivity index (χ3v) is 3.56. The quantitative estimate of drug-likeness (QED) is 0.787. The van der Waals surface area contributed by atoms with Crippen molar-refractivity contribution in [3.8, 4) is 5.75 Å². The molecule has 1 rings (SSSR count). The Kier molecular flexibility index (Phi) is 2.61. The third kappa shape index (κ3) is 2.45. The highest BCUT2D eigenvalue weighted by molar-refractivity contribution is 7.90. The van der Waals surface area contributed by atoms with Crippen molar-refractivity contribution in [2.24, 2.45) is 0 Å². The SMILES string of the molecule is CC(c1ccc(O)cc1)S(C)(=O)=O. The van der Waals surface area contributed by atoms with E-state index < -0.39 is 15.1 Å². The molecule has 0 aromatic heterocycles. The molecule has 0 aliphatic heterocycles. The molecule has 0 amide bonds. The molecule has 72 valence electrons. The first kappa shape index (κ1) is 10.1. The van der Waals surface area contributed by atoms with Gasteiger partial charge in [0.15, 0.2) is 9.84 Å². The van der Waals surface area contributed by atoms with Crippen molar-refractivity contribution in [3.63, 3.8) is 0 Å². The molecule has 3 nitrogen and oxygen atoms in total. The second kappa shape index (κ2) is 3.38. The average Bonchev–Trinajstić information content (AvgIpc) is 2.03. The minimum Gasteiger partial charge on any atom is -0.508 e. The van der Waals surface area contributed by atoms with Crippen LogP contribution in [0.5, 0.6) is 5.75 Å². The fourth-order valence-electron chi connectivity index (χ4n) is 0.993. The van der Waals surface area contributed by atoms with E-state index in [1.165, 1.54) is 18.4 Å². The lowest BCUT2D eigenvalue weighted by atomic mass is 10.2. The largest absolute Gasteiger partial charge is 0.508 e. The van der Waals surface area contributed by atoms with E-state index in [0.717, 1.165) is 0 Å². The zero-order valence-electron chi connectivity index (χ0n) is 7.56. The predicted molar refractivity (Wildman–Crippen MR) is 51.4 cm³/mol. The van der Waals surface area contributed by atoms with E-state index in [0.29, 0.717) is 5.56 Å². The van der Waals surface area contributed by atoms with Crippen LogP contribution in [0.25, 0.3) is 0 Å². The number of rotatable bonds is 2. The van der Waals surface area contributed by atoms with Crippen molar-refractivity contribution in [1.82, 2.24) is 0 Å². The highest BCUT2D eigenvalue weighted by Crippen LogP contribution is 2.22. The van der Waals surface area contributed by atoms with Crippen molar-refractivity contribution in [2.45, 2.75) is 12.2 Å². The second-order valence-corrected chi connectivity index (χ2v) is 5.43. The van der Waals surface area contributed by atoms with Gasteiger partial charge in [-0.15, -0.1) is 0 Å². The molecule has 0 aliphatic carbocycles. The summed E-state index contributed by atoms with van der Waals surface area (Å²) in [5, 5.41) is 8.47. The van der Waals surface area contributed by atoms with Crippen LogP contribution in [0.1, 0.15) is 17.7 Å². The lowest BCUT2D eigenvalue weighted by Crippen LogP contribution is -2.07. The number of hydrogen-bond donors (Lipinski definition) is 1. The Morgan fingerprint density at radius 1 is 1.23 bits per heavy atom. The van der Waals surface area contributed by atoms with Crippen LogP contribution in [0.15, 0.2) is 24.3 Å².